The van der Waals surface area contributed by atoms with Gasteiger partial charge < -0.3 is 10.2 Å². The standard InChI is InChI=1S/C18H31N2O7/c1-2-3-8-11-15(19(24)25)17(22)14-18(23)16(20(26)27)12-9-6-4-5-7-10-13-21/h6,9,15-18,22-23H,2-5,7-8,10-12,14H2,1H3. The Labute approximate surface area is 159 Å². The molecule has 1 radical (unpaired) electrons. The largest absolute Gasteiger partial charge is 0.386 e. The summed E-state index contributed by atoms with van der Waals surface area (Å²) in [5, 5.41) is 42.6. The van der Waals surface area contributed by atoms with E-state index in [9.17, 15) is 35.2 Å². The maximum absolute atomic E-state index is 11.2. The summed E-state index contributed by atoms with van der Waals surface area (Å²) in [5.74, 6) is 0. The van der Waals surface area contributed by atoms with E-state index in [2.05, 4.69) is 0 Å². The van der Waals surface area contributed by atoms with Crippen molar-refractivity contribution in [3.63, 3.8) is 0 Å². The Kier molecular flexibility index (Phi) is 14.2. The van der Waals surface area contributed by atoms with Gasteiger partial charge in [-0.2, -0.15) is 0 Å². The zero-order valence-electron chi connectivity index (χ0n) is 15.9. The molecule has 0 spiro atoms. The maximum atomic E-state index is 11.2. The van der Waals surface area contributed by atoms with E-state index in [0.29, 0.717) is 25.7 Å². The van der Waals surface area contributed by atoms with Gasteiger partial charge in [0.15, 0.2) is 6.29 Å². The van der Waals surface area contributed by atoms with E-state index in [0.717, 1.165) is 19.3 Å². The number of unbranched alkanes of at least 4 members (excludes halogenated alkanes) is 5. The molecule has 0 heterocycles. The van der Waals surface area contributed by atoms with Crippen LogP contribution >= 0.6 is 0 Å². The SMILES string of the molecule is CCCCCC(C(O)CC(O)C(CC=CCCCC[C]=O)[N+](=O)[O-])[N+](=O)[O-]. The van der Waals surface area contributed by atoms with Gasteiger partial charge in [-0.15, -0.1) is 0 Å². The predicted octanol–water partition coefficient (Wildman–Crippen LogP) is 2.59. The quantitative estimate of drug-likeness (QED) is 0.169. The van der Waals surface area contributed by atoms with Gasteiger partial charge in [-0.3, -0.25) is 25.0 Å². The number of aliphatic hydroxyl groups is 2. The second-order valence-electron chi connectivity index (χ2n) is 6.67. The highest BCUT2D eigenvalue weighted by molar-refractivity contribution is 5.50. The first-order valence-electron chi connectivity index (χ1n) is 9.48. The first-order chi connectivity index (χ1) is 12.8. The highest BCUT2D eigenvalue weighted by Gasteiger charge is 2.36. The van der Waals surface area contributed by atoms with E-state index in [1.165, 1.54) is 0 Å². The molecule has 9 nitrogen and oxygen atoms in total. The lowest BCUT2D eigenvalue weighted by Crippen LogP contribution is -2.41. The fourth-order valence-corrected chi connectivity index (χ4v) is 2.80. The van der Waals surface area contributed by atoms with Crippen molar-refractivity contribution in [3.05, 3.63) is 32.4 Å². The molecule has 2 N–H and O–H groups in total. The van der Waals surface area contributed by atoms with Crippen LogP contribution in [0.1, 0.15) is 71.1 Å². The smallest absolute Gasteiger partial charge is 0.242 e. The van der Waals surface area contributed by atoms with Crippen LogP contribution in [0.4, 0.5) is 0 Å². The molecule has 27 heavy (non-hydrogen) atoms. The van der Waals surface area contributed by atoms with E-state index < -0.39 is 40.6 Å². The van der Waals surface area contributed by atoms with Crippen molar-refractivity contribution < 1.29 is 24.9 Å². The van der Waals surface area contributed by atoms with Crippen molar-refractivity contribution >= 4 is 6.29 Å². The van der Waals surface area contributed by atoms with Crippen LogP contribution in [0.5, 0.6) is 0 Å². The monoisotopic (exact) mass is 387 g/mol. The lowest BCUT2D eigenvalue weighted by Gasteiger charge is -2.20. The molecule has 0 bridgehead atoms. The van der Waals surface area contributed by atoms with Crippen LogP contribution < -0.4 is 0 Å². The van der Waals surface area contributed by atoms with Gasteiger partial charge in [-0.05, 0) is 25.7 Å². The molecule has 0 aliphatic carbocycles. The highest BCUT2D eigenvalue weighted by atomic mass is 16.6. The molecule has 155 valence electrons. The summed E-state index contributed by atoms with van der Waals surface area (Å²) in [7, 11) is 0. The summed E-state index contributed by atoms with van der Waals surface area (Å²) in [5.41, 5.74) is 0. The second-order valence-corrected chi connectivity index (χ2v) is 6.67. The van der Waals surface area contributed by atoms with Crippen LogP contribution in [0.25, 0.3) is 0 Å². The normalized spacial score (nSPS) is 16.0. The van der Waals surface area contributed by atoms with Gasteiger partial charge in [-0.1, -0.05) is 31.9 Å². The second kappa shape index (κ2) is 15.2. The number of carbonyl (C=O) groups excluding carboxylic acids is 1. The fourth-order valence-electron chi connectivity index (χ4n) is 2.80. The molecule has 0 rings (SSSR count). The van der Waals surface area contributed by atoms with Crippen molar-refractivity contribution in [2.24, 2.45) is 0 Å². The van der Waals surface area contributed by atoms with Gasteiger partial charge in [0, 0.05) is 35.5 Å². The lowest BCUT2D eigenvalue weighted by atomic mass is 9.95. The van der Waals surface area contributed by atoms with E-state index in [1.54, 1.807) is 18.4 Å². The highest BCUT2D eigenvalue weighted by Crippen LogP contribution is 2.17. The Morgan fingerprint density at radius 3 is 2.15 bits per heavy atom. The number of rotatable bonds is 17. The first-order valence-corrected chi connectivity index (χ1v) is 9.48. The number of allylic oxidation sites excluding steroid dienone is 1. The lowest BCUT2D eigenvalue weighted by molar-refractivity contribution is -0.543. The van der Waals surface area contributed by atoms with E-state index in [-0.39, 0.29) is 12.8 Å². The Balaban J connectivity index is 4.59. The number of hydrogen-bond acceptors (Lipinski definition) is 7. The zero-order chi connectivity index (χ0) is 20.7. The molecular weight excluding hydrogens is 356 g/mol. The molecule has 0 aliphatic heterocycles. The number of aliphatic hydroxyl groups excluding tert-OH is 2. The Morgan fingerprint density at radius 1 is 0.963 bits per heavy atom. The van der Waals surface area contributed by atoms with Crippen molar-refractivity contribution in [2.75, 3.05) is 0 Å². The zero-order valence-corrected chi connectivity index (χ0v) is 15.9. The average molecular weight is 387 g/mol. The Morgan fingerprint density at radius 2 is 1.59 bits per heavy atom. The molecule has 0 aromatic carbocycles. The summed E-state index contributed by atoms with van der Waals surface area (Å²) in [6, 6.07) is -2.56. The minimum atomic E-state index is -1.47. The van der Waals surface area contributed by atoms with Crippen molar-refractivity contribution in [3.8, 4) is 0 Å². The van der Waals surface area contributed by atoms with Gasteiger partial charge in [0.1, 0.15) is 12.2 Å². The molecule has 0 aromatic rings. The van der Waals surface area contributed by atoms with Crippen LogP contribution in [0.3, 0.4) is 0 Å². The summed E-state index contributed by atoms with van der Waals surface area (Å²) >= 11 is 0. The summed E-state index contributed by atoms with van der Waals surface area (Å²) in [6.45, 7) is 1.96. The third-order valence-electron chi connectivity index (χ3n) is 4.46. The van der Waals surface area contributed by atoms with E-state index in [1.807, 2.05) is 6.92 Å². The number of nitrogens with zero attached hydrogens (tertiary/aromatic N) is 2. The van der Waals surface area contributed by atoms with Gasteiger partial charge in [0.05, 0.1) is 0 Å². The third kappa shape index (κ3) is 11.4. The molecule has 0 saturated carbocycles. The van der Waals surface area contributed by atoms with Gasteiger partial charge in [0.25, 0.3) is 0 Å². The molecule has 0 aliphatic rings. The van der Waals surface area contributed by atoms with E-state index >= 15 is 0 Å². The average Bonchev–Trinajstić information content (AvgIpc) is 2.60. The van der Waals surface area contributed by atoms with Crippen LogP contribution in [0, 0.1) is 20.2 Å². The third-order valence-corrected chi connectivity index (χ3v) is 4.46. The molecule has 9 heteroatoms. The Hall–Kier alpha value is -1.87. The number of nitro groups is 2. The van der Waals surface area contributed by atoms with Crippen LogP contribution in [0.2, 0.25) is 0 Å². The van der Waals surface area contributed by atoms with Crippen molar-refractivity contribution in [2.45, 2.75) is 95.4 Å². The Bertz CT molecular complexity index is 471. The van der Waals surface area contributed by atoms with Crippen LogP contribution in [-0.2, 0) is 4.79 Å². The minimum Gasteiger partial charge on any atom is -0.386 e. The minimum absolute atomic E-state index is 0.0281. The van der Waals surface area contributed by atoms with Gasteiger partial charge >= 0.3 is 0 Å². The summed E-state index contributed by atoms with van der Waals surface area (Å²) in [6.07, 6.45) is 6.69. The number of hydrogen-bond donors (Lipinski definition) is 2. The van der Waals surface area contributed by atoms with Crippen molar-refractivity contribution in [1.29, 1.82) is 0 Å². The molecular formula is C18H31N2O7. The fraction of sp³-hybridized carbons (Fsp3) is 0.833. The molecule has 0 saturated heterocycles. The summed E-state index contributed by atoms with van der Waals surface area (Å²) < 4.78 is 0. The molecule has 0 fully saturated rings. The predicted molar refractivity (Wildman–Crippen MR) is 100 cm³/mol. The molecule has 4 unspecified atom stereocenters. The molecule has 4 atom stereocenters. The maximum Gasteiger partial charge on any atom is 0.242 e. The molecule has 0 aromatic heterocycles. The van der Waals surface area contributed by atoms with Crippen LogP contribution in [0.15, 0.2) is 12.2 Å². The summed E-state index contributed by atoms with van der Waals surface area (Å²) in [4.78, 5) is 31.2. The van der Waals surface area contributed by atoms with E-state index in [4.69, 9.17) is 0 Å². The molecule has 0 amide bonds. The van der Waals surface area contributed by atoms with Crippen molar-refractivity contribution in [1.82, 2.24) is 0 Å². The van der Waals surface area contributed by atoms with Gasteiger partial charge in [0.2, 0.25) is 12.1 Å². The van der Waals surface area contributed by atoms with Gasteiger partial charge in [-0.25, -0.2) is 0 Å². The van der Waals surface area contributed by atoms with Crippen LogP contribution in [-0.4, -0.2) is 50.6 Å². The first kappa shape index (κ1) is 25.1. The topological polar surface area (TPSA) is 144 Å².